The molecule has 4 nitrogen and oxygen atoms in total. The highest BCUT2D eigenvalue weighted by molar-refractivity contribution is 7.99. The topological polar surface area (TPSA) is 51.8 Å². The summed E-state index contributed by atoms with van der Waals surface area (Å²) in [6.07, 6.45) is 1.61. The monoisotopic (exact) mass is 459 g/mol. The summed E-state index contributed by atoms with van der Waals surface area (Å²) < 4.78 is 12.0. The van der Waals surface area contributed by atoms with Gasteiger partial charge in [-0.25, -0.2) is 0 Å². The van der Waals surface area contributed by atoms with Gasteiger partial charge in [0, 0.05) is 21.0 Å². The molecule has 6 rings (SSSR count). The average molecular weight is 460 g/mol. The fourth-order valence-corrected chi connectivity index (χ4v) is 5.89. The number of hydrogen-bond acceptors (Lipinski definition) is 5. The predicted molar refractivity (Wildman–Crippen MR) is 129 cm³/mol. The van der Waals surface area contributed by atoms with Gasteiger partial charge in [0.25, 0.3) is 0 Å². The van der Waals surface area contributed by atoms with Crippen molar-refractivity contribution < 1.29 is 9.15 Å². The molecule has 0 bridgehead atoms. The molecule has 6 heteroatoms. The van der Waals surface area contributed by atoms with E-state index in [9.17, 15) is 4.79 Å². The summed E-state index contributed by atoms with van der Waals surface area (Å²) in [5, 5.41) is 1.00. The number of benzene rings is 3. The molecule has 0 saturated heterocycles. The van der Waals surface area contributed by atoms with E-state index in [1.165, 1.54) is 0 Å². The third-order valence-corrected chi connectivity index (χ3v) is 7.64. The van der Waals surface area contributed by atoms with Crippen LogP contribution in [-0.2, 0) is 0 Å². The first-order chi connectivity index (χ1) is 15.6. The number of aliphatic imine (C=N–C) groups is 1. The summed E-state index contributed by atoms with van der Waals surface area (Å²) in [7, 11) is 0. The van der Waals surface area contributed by atoms with Crippen molar-refractivity contribution in [3.8, 4) is 5.75 Å². The first-order valence-corrected chi connectivity index (χ1v) is 11.6. The zero-order chi connectivity index (χ0) is 21.8. The van der Waals surface area contributed by atoms with Gasteiger partial charge < -0.3 is 9.15 Å². The van der Waals surface area contributed by atoms with Crippen molar-refractivity contribution in [2.45, 2.75) is 17.1 Å². The number of nitrogens with zero attached hydrogens (tertiary/aromatic N) is 1. The van der Waals surface area contributed by atoms with E-state index in [-0.39, 0.29) is 16.6 Å². The Labute approximate surface area is 193 Å². The van der Waals surface area contributed by atoms with Crippen molar-refractivity contribution in [2.75, 3.05) is 6.61 Å². The van der Waals surface area contributed by atoms with Crippen LogP contribution in [-0.4, -0.2) is 12.3 Å². The summed E-state index contributed by atoms with van der Waals surface area (Å²) in [5.74, 6) is 0.622. The lowest BCUT2D eigenvalue weighted by atomic mass is 9.88. The van der Waals surface area contributed by atoms with Gasteiger partial charge in [0.2, 0.25) is 0 Å². The highest BCUT2D eigenvalue weighted by atomic mass is 35.5. The summed E-state index contributed by atoms with van der Waals surface area (Å²) >= 11 is 7.96. The minimum atomic E-state index is -0.217. The molecule has 0 amide bonds. The number of halogens is 1. The third-order valence-electron chi connectivity index (χ3n) is 5.97. The number of thioether (sulfide) groups is 1. The highest BCUT2D eigenvalue weighted by Gasteiger charge is 2.39. The molecular formula is C26H18ClNO3S. The normalized spacial score (nSPS) is 19.2. The van der Waals surface area contributed by atoms with Crippen molar-refractivity contribution >= 4 is 45.7 Å². The van der Waals surface area contributed by atoms with Crippen LogP contribution in [0.15, 0.2) is 86.0 Å². The van der Waals surface area contributed by atoms with Gasteiger partial charge in [-0.2, -0.15) is 0 Å². The molecule has 0 radical (unpaired) electrons. The fourth-order valence-electron chi connectivity index (χ4n) is 4.39. The summed E-state index contributed by atoms with van der Waals surface area (Å²) in [6, 6.07) is 19.3. The van der Waals surface area contributed by atoms with Gasteiger partial charge in [0.05, 0.1) is 40.8 Å². The SMILES string of the molecule is Cc1ccc2occ([C@H]3Sc4ccccc4N=C4c5cc(Cl)ccc5OC[C@@H]43)c(=O)c2c1. The molecule has 32 heavy (non-hydrogen) atoms. The van der Waals surface area contributed by atoms with Crippen molar-refractivity contribution in [3.05, 3.63) is 98.9 Å². The van der Waals surface area contributed by atoms with E-state index >= 15 is 0 Å². The van der Waals surface area contributed by atoms with E-state index in [4.69, 9.17) is 25.7 Å². The first kappa shape index (κ1) is 19.6. The average Bonchev–Trinajstić information content (AvgIpc) is 2.97. The second kappa shape index (κ2) is 7.54. The second-order valence-electron chi connectivity index (χ2n) is 8.08. The Balaban J connectivity index is 1.59. The molecule has 0 unspecified atom stereocenters. The summed E-state index contributed by atoms with van der Waals surface area (Å²) in [5.41, 5.74) is 4.87. The third kappa shape index (κ3) is 3.15. The van der Waals surface area contributed by atoms with Crippen molar-refractivity contribution in [3.63, 3.8) is 0 Å². The zero-order valence-corrected chi connectivity index (χ0v) is 18.7. The lowest BCUT2D eigenvalue weighted by Gasteiger charge is -2.31. The molecular weight excluding hydrogens is 442 g/mol. The van der Waals surface area contributed by atoms with Crippen molar-refractivity contribution in [1.29, 1.82) is 0 Å². The van der Waals surface area contributed by atoms with Crippen LogP contribution in [0.3, 0.4) is 0 Å². The van der Waals surface area contributed by atoms with Crippen molar-refractivity contribution in [1.82, 2.24) is 0 Å². The largest absolute Gasteiger partial charge is 0.492 e. The van der Waals surface area contributed by atoms with E-state index in [1.54, 1.807) is 18.0 Å². The van der Waals surface area contributed by atoms with E-state index in [2.05, 4.69) is 0 Å². The number of hydrogen-bond donors (Lipinski definition) is 0. The molecule has 2 aliphatic rings. The van der Waals surface area contributed by atoms with Crippen LogP contribution in [0.4, 0.5) is 5.69 Å². The maximum absolute atomic E-state index is 13.6. The number of ether oxygens (including phenoxy) is 1. The Hall–Kier alpha value is -3.02. The summed E-state index contributed by atoms with van der Waals surface area (Å²) in [6.45, 7) is 2.40. The standard InChI is InChI=1S/C26H18ClNO3S/c1-14-6-8-22-17(10-14)25(29)19(13-31-22)26-18-12-30-21-9-7-15(27)11-16(21)24(18)28-20-4-2-3-5-23(20)32-26/h2-11,13,18,26H,12H2,1H3/t18-,26-/m0/s1. The maximum Gasteiger partial charge on any atom is 0.197 e. The Kier molecular flexibility index (Phi) is 4.63. The lowest BCUT2D eigenvalue weighted by molar-refractivity contribution is 0.271. The molecule has 0 N–H and O–H groups in total. The van der Waals surface area contributed by atoms with Gasteiger partial charge in [0.15, 0.2) is 5.43 Å². The van der Waals surface area contributed by atoms with E-state index < -0.39 is 0 Å². The number of aryl methyl sites for hydroxylation is 1. The molecule has 2 atom stereocenters. The van der Waals surface area contributed by atoms with Crippen LogP contribution in [0.25, 0.3) is 11.0 Å². The van der Waals surface area contributed by atoms with E-state index in [1.807, 2.05) is 67.6 Å². The Bertz CT molecular complexity index is 1480. The Morgan fingerprint density at radius 2 is 1.97 bits per heavy atom. The molecule has 0 saturated carbocycles. The van der Waals surface area contributed by atoms with Gasteiger partial charge >= 0.3 is 0 Å². The molecule has 0 fully saturated rings. The van der Waals surface area contributed by atoms with Gasteiger partial charge in [-0.1, -0.05) is 35.4 Å². The zero-order valence-electron chi connectivity index (χ0n) is 17.2. The Morgan fingerprint density at radius 3 is 2.88 bits per heavy atom. The molecule has 3 aromatic carbocycles. The Morgan fingerprint density at radius 1 is 1.09 bits per heavy atom. The number of para-hydroxylation sites is 1. The van der Waals surface area contributed by atoms with Gasteiger partial charge in [-0.3, -0.25) is 9.79 Å². The number of fused-ring (bicyclic) bond motifs is 5. The molecule has 2 aliphatic heterocycles. The molecule has 4 aromatic rings. The first-order valence-electron chi connectivity index (χ1n) is 10.4. The van der Waals surface area contributed by atoms with Crippen LogP contribution < -0.4 is 10.2 Å². The lowest BCUT2D eigenvalue weighted by Crippen LogP contribution is -2.33. The van der Waals surface area contributed by atoms with E-state index in [0.29, 0.717) is 28.2 Å². The van der Waals surface area contributed by atoms with Crippen LogP contribution in [0.2, 0.25) is 5.02 Å². The van der Waals surface area contributed by atoms with Gasteiger partial charge in [-0.15, -0.1) is 11.8 Å². The van der Waals surface area contributed by atoms with Crippen molar-refractivity contribution in [2.24, 2.45) is 10.9 Å². The minimum Gasteiger partial charge on any atom is -0.492 e. The molecule has 0 aliphatic carbocycles. The summed E-state index contributed by atoms with van der Waals surface area (Å²) in [4.78, 5) is 19.7. The molecule has 3 heterocycles. The quantitative estimate of drug-likeness (QED) is 0.316. The smallest absolute Gasteiger partial charge is 0.197 e. The number of rotatable bonds is 1. The van der Waals surface area contributed by atoms with Gasteiger partial charge in [0.1, 0.15) is 11.3 Å². The molecule has 1 aromatic heterocycles. The van der Waals surface area contributed by atoms with Crippen LogP contribution >= 0.6 is 23.4 Å². The van der Waals surface area contributed by atoms with Gasteiger partial charge in [-0.05, 0) is 49.4 Å². The van der Waals surface area contributed by atoms with Crippen LogP contribution in [0.1, 0.15) is 21.9 Å². The maximum atomic E-state index is 13.6. The molecule has 158 valence electrons. The minimum absolute atomic E-state index is 0.0110. The fraction of sp³-hybridized carbons (Fsp3) is 0.154. The van der Waals surface area contributed by atoms with Crippen LogP contribution in [0, 0.1) is 12.8 Å². The molecule has 0 spiro atoms. The van der Waals surface area contributed by atoms with E-state index in [0.717, 1.165) is 33.2 Å². The highest BCUT2D eigenvalue weighted by Crippen LogP contribution is 2.50. The van der Waals surface area contributed by atoms with Crippen LogP contribution in [0.5, 0.6) is 5.75 Å². The predicted octanol–water partition coefficient (Wildman–Crippen LogP) is 6.73. The second-order valence-corrected chi connectivity index (χ2v) is 9.70.